The summed E-state index contributed by atoms with van der Waals surface area (Å²) < 4.78 is 28.1. The quantitative estimate of drug-likeness (QED) is 0.221. The van der Waals surface area contributed by atoms with Crippen molar-refractivity contribution in [3.05, 3.63) is 0 Å². The SMILES string of the molecule is CCNC(=NCC1(N2CCOCC2)CCCCC1)NCCCS(C)(=O)=O.I. The number of aliphatic imine (C=N–C) groups is 1. The first-order chi connectivity index (χ1) is 12.5. The molecule has 7 nitrogen and oxygen atoms in total. The number of halogens is 1. The molecule has 0 aromatic heterocycles. The first-order valence-corrected chi connectivity index (χ1v) is 12.0. The number of sulfone groups is 1. The normalized spacial score (nSPS) is 21.3. The zero-order valence-corrected chi connectivity index (χ0v) is 20.0. The fourth-order valence-electron chi connectivity index (χ4n) is 3.93. The van der Waals surface area contributed by atoms with Crippen molar-refractivity contribution in [2.75, 3.05) is 57.9 Å². The van der Waals surface area contributed by atoms with Crippen LogP contribution >= 0.6 is 24.0 Å². The molecule has 0 bridgehead atoms. The molecule has 2 N–H and O–H groups in total. The van der Waals surface area contributed by atoms with Crippen LogP contribution in [0.15, 0.2) is 4.99 Å². The van der Waals surface area contributed by atoms with E-state index in [1.807, 2.05) is 6.92 Å². The number of hydrogen-bond donors (Lipinski definition) is 2. The predicted molar refractivity (Wildman–Crippen MR) is 122 cm³/mol. The van der Waals surface area contributed by atoms with Crippen LogP contribution in [0.3, 0.4) is 0 Å². The van der Waals surface area contributed by atoms with Crippen molar-refractivity contribution in [3.8, 4) is 0 Å². The van der Waals surface area contributed by atoms with Gasteiger partial charge in [-0.25, -0.2) is 8.42 Å². The van der Waals surface area contributed by atoms with Crippen molar-refractivity contribution in [3.63, 3.8) is 0 Å². The maximum Gasteiger partial charge on any atom is 0.191 e. The molecule has 0 radical (unpaired) electrons. The van der Waals surface area contributed by atoms with Gasteiger partial charge < -0.3 is 15.4 Å². The molecule has 160 valence electrons. The van der Waals surface area contributed by atoms with Gasteiger partial charge in [-0.1, -0.05) is 19.3 Å². The molecule has 0 atom stereocenters. The van der Waals surface area contributed by atoms with Gasteiger partial charge in [0.25, 0.3) is 0 Å². The van der Waals surface area contributed by atoms with Crippen LogP contribution < -0.4 is 10.6 Å². The Hall–Kier alpha value is -0.130. The highest BCUT2D eigenvalue weighted by atomic mass is 127. The molecule has 1 aliphatic heterocycles. The summed E-state index contributed by atoms with van der Waals surface area (Å²) in [6, 6.07) is 0. The molecule has 2 fully saturated rings. The number of nitrogens with one attached hydrogen (secondary N) is 2. The fraction of sp³-hybridized carbons (Fsp3) is 0.944. The lowest BCUT2D eigenvalue weighted by molar-refractivity contribution is -0.0333. The Bertz CT molecular complexity index is 545. The second-order valence-corrected chi connectivity index (χ2v) is 9.75. The zero-order chi connectivity index (χ0) is 18.9. The molecule has 9 heteroatoms. The molecule has 1 saturated heterocycles. The largest absolute Gasteiger partial charge is 0.379 e. The highest BCUT2D eigenvalue weighted by molar-refractivity contribution is 14.0. The molecule has 0 aromatic carbocycles. The maximum absolute atomic E-state index is 11.3. The molecule has 2 aliphatic rings. The standard InChI is InChI=1S/C18H36N4O3S.HI/c1-3-19-17(20-10-7-15-26(2,23)24)21-16-18(8-5-4-6-9-18)22-11-13-25-14-12-22;/h3-16H2,1-2H3,(H2,19,20,21);1H. The Morgan fingerprint density at radius 3 is 2.41 bits per heavy atom. The Balaban J connectivity index is 0.00000364. The number of nitrogens with zero attached hydrogens (tertiary/aromatic N) is 2. The molecule has 0 spiro atoms. The number of ether oxygens (including phenoxy) is 1. The van der Waals surface area contributed by atoms with Crippen LogP contribution in [0.4, 0.5) is 0 Å². The minimum atomic E-state index is -2.91. The number of guanidine groups is 1. The maximum atomic E-state index is 11.3. The van der Waals surface area contributed by atoms with Crippen molar-refractivity contribution >= 4 is 39.8 Å². The van der Waals surface area contributed by atoms with E-state index in [4.69, 9.17) is 9.73 Å². The van der Waals surface area contributed by atoms with Crippen molar-refractivity contribution in [1.82, 2.24) is 15.5 Å². The summed E-state index contributed by atoms with van der Waals surface area (Å²) in [5.41, 5.74) is 0.150. The molecule has 1 heterocycles. The van der Waals surface area contributed by atoms with Crippen LogP contribution in [0.25, 0.3) is 0 Å². The van der Waals surface area contributed by atoms with E-state index in [0.29, 0.717) is 13.0 Å². The van der Waals surface area contributed by atoms with Crippen LogP contribution in [-0.4, -0.2) is 82.8 Å². The van der Waals surface area contributed by atoms with E-state index in [9.17, 15) is 8.42 Å². The lowest BCUT2D eigenvalue weighted by Crippen LogP contribution is -2.56. The van der Waals surface area contributed by atoms with Crippen molar-refractivity contribution < 1.29 is 13.2 Å². The third kappa shape index (κ3) is 8.82. The van der Waals surface area contributed by atoms with Crippen molar-refractivity contribution in [2.45, 2.75) is 51.0 Å². The van der Waals surface area contributed by atoms with E-state index in [-0.39, 0.29) is 35.3 Å². The van der Waals surface area contributed by atoms with Gasteiger partial charge in [0.15, 0.2) is 5.96 Å². The highest BCUT2D eigenvalue weighted by Crippen LogP contribution is 2.34. The molecule has 1 saturated carbocycles. The van der Waals surface area contributed by atoms with Gasteiger partial charge in [-0.3, -0.25) is 9.89 Å². The van der Waals surface area contributed by atoms with Gasteiger partial charge in [0, 0.05) is 38.0 Å². The lowest BCUT2D eigenvalue weighted by atomic mass is 9.80. The van der Waals surface area contributed by atoms with Crippen molar-refractivity contribution in [2.24, 2.45) is 4.99 Å². The Kier molecular flexibility index (Phi) is 11.5. The monoisotopic (exact) mass is 516 g/mol. The predicted octanol–water partition coefficient (Wildman–Crippen LogP) is 1.63. The summed E-state index contributed by atoms with van der Waals surface area (Å²) in [4.78, 5) is 7.47. The van der Waals surface area contributed by atoms with Crippen LogP contribution in [0.1, 0.15) is 45.4 Å². The fourth-order valence-corrected chi connectivity index (χ4v) is 4.60. The first-order valence-electron chi connectivity index (χ1n) is 9.98. The van der Waals surface area contributed by atoms with Crippen molar-refractivity contribution in [1.29, 1.82) is 0 Å². The van der Waals surface area contributed by atoms with Crippen LogP contribution in [0.5, 0.6) is 0 Å². The summed E-state index contributed by atoms with van der Waals surface area (Å²) >= 11 is 0. The minimum Gasteiger partial charge on any atom is -0.379 e. The summed E-state index contributed by atoms with van der Waals surface area (Å²) in [6.07, 6.45) is 8.13. The Morgan fingerprint density at radius 1 is 1.15 bits per heavy atom. The number of rotatable bonds is 8. The van der Waals surface area contributed by atoms with Gasteiger partial charge in [0.05, 0.1) is 25.5 Å². The second kappa shape index (κ2) is 12.4. The summed E-state index contributed by atoms with van der Waals surface area (Å²) in [5, 5.41) is 6.57. The van der Waals surface area contributed by atoms with Gasteiger partial charge in [-0.05, 0) is 26.2 Å². The van der Waals surface area contributed by atoms with E-state index in [1.165, 1.54) is 38.4 Å². The van der Waals surface area contributed by atoms with Gasteiger partial charge >= 0.3 is 0 Å². The zero-order valence-electron chi connectivity index (χ0n) is 16.8. The molecule has 27 heavy (non-hydrogen) atoms. The van der Waals surface area contributed by atoms with Gasteiger partial charge in [-0.2, -0.15) is 0 Å². The van der Waals surface area contributed by atoms with E-state index >= 15 is 0 Å². The summed E-state index contributed by atoms with van der Waals surface area (Å²) in [5.74, 6) is 0.996. The molecular weight excluding hydrogens is 479 g/mol. The molecule has 0 amide bonds. The van der Waals surface area contributed by atoms with Crippen LogP contribution in [-0.2, 0) is 14.6 Å². The second-order valence-electron chi connectivity index (χ2n) is 7.49. The lowest BCUT2D eigenvalue weighted by Gasteiger charge is -2.47. The van der Waals surface area contributed by atoms with E-state index in [2.05, 4.69) is 15.5 Å². The molecule has 2 rings (SSSR count). The average molecular weight is 516 g/mol. The number of hydrogen-bond acceptors (Lipinski definition) is 5. The summed E-state index contributed by atoms with van der Waals surface area (Å²) in [7, 11) is -2.91. The van der Waals surface area contributed by atoms with E-state index in [1.54, 1.807) is 0 Å². The smallest absolute Gasteiger partial charge is 0.191 e. The minimum absolute atomic E-state index is 0. The van der Waals surface area contributed by atoms with Gasteiger partial charge in [-0.15, -0.1) is 24.0 Å². The molecule has 1 aliphatic carbocycles. The third-order valence-electron chi connectivity index (χ3n) is 5.33. The van der Waals surface area contributed by atoms with E-state index < -0.39 is 9.84 Å². The number of morpholine rings is 1. The first kappa shape index (κ1) is 24.9. The van der Waals surface area contributed by atoms with E-state index in [0.717, 1.165) is 45.4 Å². The van der Waals surface area contributed by atoms with Crippen LogP contribution in [0.2, 0.25) is 0 Å². The third-order valence-corrected chi connectivity index (χ3v) is 6.36. The highest BCUT2D eigenvalue weighted by Gasteiger charge is 2.38. The van der Waals surface area contributed by atoms with Gasteiger partial charge in [0.2, 0.25) is 0 Å². The molecule has 0 aromatic rings. The Morgan fingerprint density at radius 2 is 1.81 bits per heavy atom. The Labute approximate surface area is 182 Å². The van der Waals surface area contributed by atoms with Crippen LogP contribution in [0, 0.1) is 0 Å². The molecular formula is C18H37IN4O3S. The average Bonchev–Trinajstić information content (AvgIpc) is 2.64. The summed E-state index contributed by atoms with van der Waals surface area (Å²) in [6.45, 7) is 7.86. The molecule has 0 unspecified atom stereocenters. The topological polar surface area (TPSA) is 83.0 Å². The van der Waals surface area contributed by atoms with Gasteiger partial charge in [0.1, 0.15) is 9.84 Å².